The number of nitrogens with one attached hydrogen (secondary N) is 1. The molecule has 0 fully saturated rings. The number of rotatable bonds is 5. The van der Waals surface area contributed by atoms with Crippen LogP contribution in [0.2, 0.25) is 0 Å². The zero-order valence-corrected chi connectivity index (χ0v) is 15.9. The Balaban J connectivity index is 1.57. The molecule has 0 saturated carbocycles. The van der Waals surface area contributed by atoms with E-state index in [4.69, 9.17) is 0 Å². The van der Waals surface area contributed by atoms with Crippen molar-refractivity contribution < 1.29 is 8.42 Å². The Kier molecular flexibility index (Phi) is 4.75. The van der Waals surface area contributed by atoms with Crippen molar-refractivity contribution in [1.82, 2.24) is 24.5 Å². The minimum Gasteiger partial charge on any atom is -0.275 e. The maximum absolute atomic E-state index is 12.8. The van der Waals surface area contributed by atoms with Gasteiger partial charge < -0.3 is 0 Å². The summed E-state index contributed by atoms with van der Waals surface area (Å²) in [6.07, 6.45) is 10.9. The van der Waals surface area contributed by atoms with Crippen LogP contribution in [0.15, 0.2) is 47.9 Å². The number of nitrogens with zero attached hydrogens (tertiary/aromatic N) is 4. The largest absolute Gasteiger partial charge is 0.275 e. The molecule has 140 valence electrons. The lowest BCUT2D eigenvalue weighted by molar-refractivity contribution is 0.579. The summed E-state index contributed by atoms with van der Waals surface area (Å²) in [5.74, 6) is 0. The third-order valence-electron chi connectivity index (χ3n) is 4.81. The van der Waals surface area contributed by atoms with Crippen LogP contribution in [-0.2, 0) is 36.5 Å². The first-order valence-corrected chi connectivity index (χ1v) is 10.4. The second-order valence-corrected chi connectivity index (χ2v) is 8.48. The van der Waals surface area contributed by atoms with Crippen LogP contribution in [0.3, 0.4) is 0 Å². The topological polar surface area (TPSA) is 89.8 Å². The summed E-state index contributed by atoms with van der Waals surface area (Å²) in [6, 6.07) is 5.42. The SMILES string of the molecule is Cn1cc(-c2nccnc2CNS(=O)(=O)c2ccc3c(c2)CCCC3)cn1. The standard InChI is InChI=1S/C19H21N5O2S/c1-24-13-16(11-22-24)19-18(20-8-9-21-19)12-23-27(25,26)17-7-6-14-4-2-3-5-15(14)10-17/h6-11,13,23H,2-5,12H2,1H3. The van der Waals surface area contributed by atoms with E-state index < -0.39 is 10.0 Å². The first-order chi connectivity index (χ1) is 13.0. The molecule has 1 aliphatic rings. The van der Waals surface area contributed by atoms with Crippen molar-refractivity contribution >= 4 is 10.0 Å². The molecular formula is C19H21N5O2S. The Labute approximate surface area is 158 Å². The van der Waals surface area contributed by atoms with E-state index in [0.717, 1.165) is 30.4 Å². The minimum atomic E-state index is -3.62. The molecule has 0 bridgehead atoms. The molecule has 0 saturated heterocycles. The fraction of sp³-hybridized carbons (Fsp3) is 0.316. The number of hydrogen-bond donors (Lipinski definition) is 1. The molecule has 2 aromatic heterocycles. The first-order valence-electron chi connectivity index (χ1n) is 8.93. The molecule has 1 N–H and O–H groups in total. The number of sulfonamides is 1. The average Bonchev–Trinajstić information content (AvgIpc) is 3.12. The average molecular weight is 383 g/mol. The third kappa shape index (κ3) is 3.77. The van der Waals surface area contributed by atoms with Gasteiger partial charge in [-0.2, -0.15) is 5.10 Å². The van der Waals surface area contributed by atoms with Gasteiger partial charge in [0.05, 0.1) is 29.0 Å². The maximum Gasteiger partial charge on any atom is 0.240 e. The monoisotopic (exact) mass is 383 g/mol. The number of aromatic nitrogens is 4. The summed E-state index contributed by atoms with van der Waals surface area (Å²) in [5.41, 5.74) is 4.38. The number of benzene rings is 1. The normalized spacial score (nSPS) is 14.1. The molecule has 8 heteroatoms. The van der Waals surface area contributed by atoms with E-state index in [1.165, 1.54) is 12.0 Å². The molecule has 4 rings (SSSR count). The smallest absolute Gasteiger partial charge is 0.240 e. The molecule has 0 atom stereocenters. The predicted molar refractivity (Wildman–Crippen MR) is 101 cm³/mol. The highest BCUT2D eigenvalue weighted by atomic mass is 32.2. The summed E-state index contributed by atoms with van der Waals surface area (Å²) in [7, 11) is -1.81. The fourth-order valence-corrected chi connectivity index (χ4v) is 4.44. The molecule has 7 nitrogen and oxygen atoms in total. The van der Waals surface area contributed by atoms with Crippen LogP contribution in [0.5, 0.6) is 0 Å². The molecule has 27 heavy (non-hydrogen) atoms. The highest BCUT2D eigenvalue weighted by Gasteiger charge is 2.19. The van der Waals surface area contributed by atoms with E-state index in [1.54, 1.807) is 35.4 Å². The van der Waals surface area contributed by atoms with Gasteiger partial charge in [0, 0.05) is 31.2 Å². The molecule has 0 spiro atoms. The van der Waals surface area contributed by atoms with Crippen molar-refractivity contribution in [3.63, 3.8) is 0 Å². The van der Waals surface area contributed by atoms with Crippen molar-refractivity contribution in [1.29, 1.82) is 0 Å². The van der Waals surface area contributed by atoms with Crippen molar-refractivity contribution in [3.8, 4) is 11.3 Å². The van der Waals surface area contributed by atoms with E-state index in [1.807, 2.05) is 19.3 Å². The molecule has 0 unspecified atom stereocenters. The van der Waals surface area contributed by atoms with E-state index in [9.17, 15) is 8.42 Å². The van der Waals surface area contributed by atoms with Gasteiger partial charge >= 0.3 is 0 Å². The maximum atomic E-state index is 12.8. The molecule has 2 heterocycles. The summed E-state index contributed by atoms with van der Waals surface area (Å²) < 4.78 is 29.9. The fourth-order valence-electron chi connectivity index (χ4n) is 3.40. The Bertz CT molecular complexity index is 1080. The number of hydrogen-bond acceptors (Lipinski definition) is 5. The first kappa shape index (κ1) is 17.8. The highest BCUT2D eigenvalue weighted by molar-refractivity contribution is 7.89. The van der Waals surface area contributed by atoms with Crippen LogP contribution < -0.4 is 4.72 Å². The van der Waals surface area contributed by atoms with E-state index in [2.05, 4.69) is 19.8 Å². The van der Waals surface area contributed by atoms with Crippen molar-refractivity contribution in [2.45, 2.75) is 37.1 Å². The van der Waals surface area contributed by atoms with Gasteiger partial charge in [-0.1, -0.05) is 6.07 Å². The Hall–Kier alpha value is -2.58. The van der Waals surface area contributed by atoms with Gasteiger partial charge in [-0.25, -0.2) is 13.1 Å². The van der Waals surface area contributed by atoms with Gasteiger partial charge in [0.1, 0.15) is 0 Å². The third-order valence-corrected chi connectivity index (χ3v) is 6.21. The van der Waals surface area contributed by atoms with Gasteiger partial charge in [-0.05, 0) is 48.9 Å². The summed E-state index contributed by atoms with van der Waals surface area (Å²) >= 11 is 0. The minimum absolute atomic E-state index is 0.0670. The molecule has 3 aromatic rings. The van der Waals surface area contributed by atoms with Gasteiger partial charge in [0.25, 0.3) is 0 Å². The molecule has 1 aromatic carbocycles. The Morgan fingerprint density at radius 2 is 1.89 bits per heavy atom. The van der Waals surface area contributed by atoms with Crippen LogP contribution in [0.4, 0.5) is 0 Å². The summed E-state index contributed by atoms with van der Waals surface area (Å²) in [6.45, 7) is 0.0670. The lowest BCUT2D eigenvalue weighted by atomic mass is 9.92. The number of fused-ring (bicyclic) bond motifs is 1. The van der Waals surface area contributed by atoms with Gasteiger partial charge in [0.15, 0.2) is 0 Å². The zero-order valence-electron chi connectivity index (χ0n) is 15.1. The van der Waals surface area contributed by atoms with Crippen LogP contribution >= 0.6 is 0 Å². The van der Waals surface area contributed by atoms with Crippen LogP contribution in [0.1, 0.15) is 29.7 Å². The molecule has 0 radical (unpaired) electrons. The molecule has 0 amide bonds. The zero-order chi connectivity index (χ0) is 18.9. The van der Waals surface area contributed by atoms with Gasteiger partial charge in [0.2, 0.25) is 10.0 Å². The second-order valence-electron chi connectivity index (χ2n) is 6.72. The van der Waals surface area contributed by atoms with Crippen molar-refractivity contribution in [2.24, 2.45) is 7.05 Å². The van der Waals surface area contributed by atoms with Crippen molar-refractivity contribution in [2.75, 3.05) is 0 Å². The Morgan fingerprint density at radius 3 is 2.67 bits per heavy atom. The van der Waals surface area contributed by atoms with Crippen LogP contribution in [-0.4, -0.2) is 28.2 Å². The second kappa shape index (κ2) is 7.21. The van der Waals surface area contributed by atoms with Crippen LogP contribution in [0.25, 0.3) is 11.3 Å². The molecular weight excluding hydrogens is 362 g/mol. The quantitative estimate of drug-likeness (QED) is 0.730. The van der Waals surface area contributed by atoms with Crippen LogP contribution in [0, 0.1) is 0 Å². The molecule has 0 aliphatic heterocycles. The summed E-state index contributed by atoms with van der Waals surface area (Å²) in [5, 5.41) is 4.14. The lowest BCUT2D eigenvalue weighted by Gasteiger charge is -2.17. The summed E-state index contributed by atoms with van der Waals surface area (Å²) in [4.78, 5) is 8.95. The molecule has 1 aliphatic carbocycles. The Morgan fingerprint density at radius 1 is 1.11 bits per heavy atom. The number of aryl methyl sites for hydroxylation is 3. The van der Waals surface area contributed by atoms with E-state index >= 15 is 0 Å². The lowest BCUT2D eigenvalue weighted by Crippen LogP contribution is -2.24. The van der Waals surface area contributed by atoms with Gasteiger partial charge in [-0.15, -0.1) is 0 Å². The van der Waals surface area contributed by atoms with Crippen molar-refractivity contribution in [3.05, 3.63) is 59.8 Å². The van der Waals surface area contributed by atoms with Gasteiger partial charge in [-0.3, -0.25) is 14.6 Å². The van der Waals surface area contributed by atoms with E-state index in [0.29, 0.717) is 16.3 Å². The predicted octanol–water partition coefficient (Wildman–Crippen LogP) is 2.23. The van der Waals surface area contributed by atoms with E-state index in [-0.39, 0.29) is 6.54 Å². The highest BCUT2D eigenvalue weighted by Crippen LogP contribution is 2.24.